The molecule has 0 heterocycles. The monoisotopic (exact) mass is 146 g/mol. The lowest BCUT2D eigenvalue weighted by Gasteiger charge is -2.13. The summed E-state index contributed by atoms with van der Waals surface area (Å²) in [7, 11) is -0.713. The fourth-order valence-corrected chi connectivity index (χ4v) is 2.56. The zero-order valence-electron chi connectivity index (χ0n) is 6.70. The molecule has 0 saturated heterocycles. The van der Waals surface area contributed by atoms with Crippen molar-refractivity contribution in [3.8, 4) is 0 Å². The Kier molecular flexibility index (Phi) is 6.35. The molecule has 0 unspecified atom stereocenters. The molecule has 0 aliphatic heterocycles. The molecule has 0 aliphatic rings. The smallest absolute Gasteiger partial charge is 0.184 e. The topological polar surface area (TPSA) is 24.1 Å². The third-order valence-corrected chi connectivity index (χ3v) is 3.93. The summed E-state index contributed by atoms with van der Waals surface area (Å²) in [5.41, 5.74) is 0. The van der Waals surface area contributed by atoms with E-state index in [1.807, 2.05) is 0 Å². The molecule has 0 aromatic heterocycles. The SMILES string of the molecule is CCN[SiH](CC)NCC. The van der Waals surface area contributed by atoms with Crippen molar-refractivity contribution in [2.45, 2.75) is 26.8 Å². The molecule has 2 nitrogen and oxygen atoms in total. The van der Waals surface area contributed by atoms with E-state index in [9.17, 15) is 0 Å². The molecule has 0 bridgehead atoms. The van der Waals surface area contributed by atoms with Crippen molar-refractivity contribution in [1.82, 2.24) is 9.96 Å². The summed E-state index contributed by atoms with van der Waals surface area (Å²) in [5, 5.41) is 0. The molecule has 56 valence electrons. The molecule has 0 radical (unpaired) electrons. The Labute approximate surface area is 59.8 Å². The normalized spacial score (nSPS) is 10.7. The van der Waals surface area contributed by atoms with E-state index < -0.39 is 9.12 Å². The van der Waals surface area contributed by atoms with Gasteiger partial charge < -0.3 is 9.96 Å². The van der Waals surface area contributed by atoms with E-state index in [2.05, 4.69) is 30.7 Å². The average molecular weight is 146 g/mol. The lowest BCUT2D eigenvalue weighted by molar-refractivity contribution is 0.882. The largest absolute Gasteiger partial charge is 0.328 e. The van der Waals surface area contributed by atoms with Gasteiger partial charge in [0.05, 0.1) is 0 Å². The first-order valence-corrected chi connectivity index (χ1v) is 5.79. The molecule has 0 aromatic rings. The Bertz CT molecular complexity index is 53.0. The van der Waals surface area contributed by atoms with Crippen molar-refractivity contribution in [2.24, 2.45) is 0 Å². The van der Waals surface area contributed by atoms with Crippen LogP contribution in [0.15, 0.2) is 0 Å². The Morgan fingerprint density at radius 1 is 1.00 bits per heavy atom. The molecule has 0 atom stereocenters. The van der Waals surface area contributed by atoms with Crippen LogP contribution in [0.25, 0.3) is 0 Å². The third kappa shape index (κ3) is 4.63. The molecule has 0 aliphatic carbocycles. The highest BCUT2D eigenvalue weighted by Crippen LogP contribution is 1.79. The number of rotatable bonds is 5. The zero-order valence-corrected chi connectivity index (χ0v) is 7.85. The zero-order chi connectivity index (χ0) is 7.11. The quantitative estimate of drug-likeness (QED) is 0.550. The molecule has 2 N–H and O–H groups in total. The molecular formula is C6H18N2Si. The Balaban J connectivity index is 3.18. The van der Waals surface area contributed by atoms with Crippen molar-refractivity contribution in [2.75, 3.05) is 13.1 Å². The Hall–Kier alpha value is 0.137. The van der Waals surface area contributed by atoms with E-state index in [1.165, 1.54) is 6.04 Å². The van der Waals surface area contributed by atoms with E-state index in [1.54, 1.807) is 0 Å². The fourth-order valence-electron chi connectivity index (χ4n) is 0.854. The predicted octanol–water partition coefficient (Wildman–Crippen LogP) is 0.446. The van der Waals surface area contributed by atoms with Gasteiger partial charge in [-0.2, -0.15) is 0 Å². The minimum atomic E-state index is -0.713. The van der Waals surface area contributed by atoms with E-state index in [-0.39, 0.29) is 0 Å². The standard InChI is InChI=1S/C6H18N2Si/c1-4-7-9(6-3)8-5-2/h7-9H,4-6H2,1-3H3. The molecular weight excluding hydrogens is 128 g/mol. The van der Waals surface area contributed by atoms with Crippen molar-refractivity contribution in [3.63, 3.8) is 0 Å². The van der Waals surface area contributed by atoms with Crippen LogP contribution in [0.5, 0.6) is 0 Å². The summed E-state index contributed by atoms with van der Waals surface area (Å²) in [4.78, 5) is 6.92. The van der Waals surface area contributed by atoms with Gasteiger partial charge in [0.15, 0.2) is 9.12 Å². The first-order chi connectivity index (χ1) is 4.35. The van der Waals surface area contributed by atoms with Crippen LogP contribution in [0.3, 0.4) is 0 Å². The van der Waals surface area contributed by atoms with Crippen molar-refractivity contribution >= 4 is 9.12 Å². The maximum Gasteiger partial charge on any atom is 0.184 e. The van der Waals surface area contributed by atoms with Gasteiger partial charge in [-0.25, -0.2) is 0 Å². The Morgan fingerprint density at radius 3 is 1.67 bits per heavy atom. The second-order valence-corrected chi connectivity index (χ2v) is 4.81. The molecule has 0 aromatic carbocycles. The van der Waals surface area contributed by atoms with Gasteiger partial charge in [-0.3, -0.25) is 0 Å². The van der Waals surface area contributed by atoms with Crippen LogP contribution in [-0.2, 0) is 0 Å². The maximum absolute atomic E-state index is 3.46. The molecule has 0 amide bonds. The van der Waals surface area contributed by atoms with E-state index in [4.69, 9.17) is 0 Å². The van der Waals surface area contributed by atoms with E-state index in [0.717, 1.165) is 13.1 Å². The first kappa shape index (κ1) is 9.14. The first-order valence-electron chi connectivity index (χ1n) is 3.81. The lowest BCUT2D eigenvalue weighted by atomic mass is 10.8. The van der Waals surface area contributed by atoms with Gasteiger partial charge in [0, 0.05) is 0 Å². The molecule has 0 saturated carbocycles. The van der Waals surface area contributed by atoms with Gasteiger partial charge in [-0.1, -0.05) is 20.8 Å². The minimum absolute atomic E-state index is 0.713. The highest BCUT2D eigenvalue weighted by Gasteiger charge is 2.01. The van der Waals surface area contributed by atoms with Crippen LogP contribution in [0.1, 0.15) is 20.8 Å². The second-order valence-electron chi connectivity index (χ2n) is 2.08. The Morgan fingerprint density at radius 2 is 1.44 bits per heavy atom. The molecule has 0 rings (SSSR count). The number of nitrogens with one attached hydrogen (secondary N) is 2. The van der Waals surface area contributed by atoms with Crippen LogP contribution in [0.4, 0.5) is 0 Å². The molecule has 3 heteroatoms. The molecule has 0 spiro atoms. The van der Waals surface area contributed by atoms with Crippen LogP contribution in [0, 0.1) is 0 Å². The van der Waals surface area contributed by atoms with Gasteiger partial charge in [0.2, 0.25) is 0 Å². The second kappa shape index (κ2) is 6.26. The average Bonchev–Trinajstić information content (AvgIpc) is 1.88. The third-order valence-electron chi connectivity index (χ3n) is 1.31. The van der Waals surface area contributed by atoms with Gasteiger partial charge in [-0.15, -0.1) is 0 Å². The van der Waals surface area contributed by atoms with Gasteiger partial charge >= 0.3 is 0 Å². The van der Waals surface area contributed by atoms with E-state index >= 15 is 0 Å². The van der Waals surface area contributed by atoms with Gasteiger partial charge in [0.1, 0.15) is 0 Å². The minimum Gasteiger partial charge on any atom is -0.328 e. The van der Waals surface area contributed by atoms with Crippen LogP contribution in [0.2, 0.25) is 6.04 Å². The van der Waals surface area contributed by atoms with E-state index in [0.29, 0.717) is 0 Å². The lowest BCUT2D eigenvalue weighted by Crippen LogP contribution is -2.46. The highest BCUT2D eigenvalue weighted by atomic mass is 28.3. The van der Waals surface area contributed by atoms with Gasteiger partial charge in [0.25, 0.3) is 0 Å². The van der Waals surface area contributed by atoms with Crippen LogP contribution < -0.4 is 9.96 Å². The summed E-state index contributed by atoms with van der Waals surface area (Å²) in [6.45, 7) is 8.78. The van der Waals surface area contributed by atoms with Crippen molar-refractivity contribution in [1.29, 1.82) is 0 Å². The summed E-state index contributed by atoms with van der Waals surface area (Å²) in [6, 6.07) is 1.29. The summed E-state index contributed by atoms with van der Waals surface area (Å²) >= 11 is 0. The maximum atomic E-state index is 3.46. The molecule has 0 fully saturated rings. The fraction of sp³-hybridized carbons (Fsp3) is 1.00. The summed E-state index contributed by atoms with van der Waals surface area (Å²) in [6.07, 6.45) is 0. The predicted molar refractivity (Wildman–Crippen MR) is 45.0 cm³/mol. The molecule has 9 heavy (non-hydrogen) atoms. The van der Waals surface area contributed by atoms with Crippen molar-refractivity contribution in [3.05, 3.63) is 0 Å². The number of hydrogen-bond acceptors (Lipinski definition) is 2. The van der Waals surface area contributed by atoms with Crippen molar-refractivity contribution < 1.29 is 0 Å². The summed E-state index contributed by atoms with van der Waals surface area (Å²) in [5.74, 6) is 0. The number of hydrogen-bond donors (Lipinski definition) is 2. The van der Waals surface area contributed by atoms with Gasteiger partial charge in [-0.05, 0) is 19.1 Å². The highest BCUT2D eigenvalue weighted by molar-refractivity contribution is 6.53. The van der Waals surface area contributed by atoms with Crippen LogP contribution >= 0.6 is 0 Å². The summed E-state index contributed by atoms with van der Waals surface area (Å²) < 4.78 is 0. The van der Waals surface area contributed by atoms with Crippen LogP contribution in [-0.4, -0.2) is 22.2 Å².